The number of nitrogens with two attached hydrogens (primary N) is 1. The van der Waals surface area contributed by atoms with Gasteiger partial charge in [0, 0.05) is 18.6 Å². The Morgan fingerprint density at radius 1 is 1.44 bits per heavy atom. The highest BCUT2D eigenvalue weighted by atomic mass is 35.5. The van der Waals surface area contributed by atoms with Crippen LogP contribution in [0.3, 0.4) is 0 Å². The molecule has 1 aromatic carbocycles. The average Bonchev–Trinajstić information content (AvgIpc) is 2.60. The Labute approximate surface area is 156 Å². The maximum atomic E-state index is 12.5. The highest BCUT2D eigenvalue weighted by molar-refractivity contribution is 5.85. The molecule has 1 aromatic rings. The minimum absolute atomic E-state index is 0. The van der Waals surface area contributed by atoms with Crippen molar-refractivity contribution in [3.05, 3.63) is 36.4 Å². The van der Waals surface area contributed by atoms with Crippen LogP contribution in [-0.4, -0.2) is 43.2 Å². The Bertz CT molecular complexity index is 578. The topological polar surface area (TPSA) is 64.8 Å². The van der Waals surface area contributed by atoms with Gasteiger partial charge >= 0.3 is 0 Å². The van der Waals surface area contributed by atoms with E-state index in [0.29, 0.717) is 11.5 Å². The number of carbonyl (C=O) groups is 1. The summed E-state index contributed by atoms with van der Waals surface area (Å²) in [6.45, 7) is 6.44. The van der Waals surface area contributed by atoms with Crippen molar-refractivity contribution < 1.29 is 14.3 Å². The first-order chi connectivity index (χ1) is 11.6. The van der Waals surface area contributed by atoms with Gasteiger partial charge in [-0.1, -0.05) is 12.1 Å². The first kappa shape index (κ1) is 21.3. The molecule has 0 radical (unpaired) electrons. The van der Waals surface area contributed by atoms with Crippen LogP contribution in [0.15, 0.2) is 30.9 Å². The molecular weight excluding hydrogens is 340 g/mol. The number of amides is 1. The lowest BCUT2D eigenvalue weighted by Crippen LogP contribution is -2.52. The third-order valence-corrected chi connectivity index (χ3v) is 4.44. The number of piperidine rings is 1. The quantitative estimate of drug-likeness (QED) is 0.751. The van der Waals surface area contributed by atoms with Gasteiger partial charge in [-0.25, -0.2) is 0 Å². The van der Waals surface area contributed by atoms with Crippen molar-refractivity contribution in [1.82, 2.24) is 4.90 Å². The molecule has 1 aliphatic rings. The Balaban J connectivity index is 0.00000312. The van der Waals surface area contributed by atoms with Gasteiger partial charge in [0.25, 0.3) is 5.91 Å². The highest BCUT2D eigenvalue weighted by Crippen LogP contribution is 2.28. The molecule has 0 aliphatic carbocycles. The average molecular weight is 369 g/mol. The lowest BCUT2D eigenvalue weighted by Gasteiger charge is -2.38. The van der Waals surface area contributed by atoms with E-state index in [1.54, 1.807) is 7.11 Å². The molecule has 5 nitrogen and oxygen atoms in total. The molecule has 1 saturated heterocycles. The van der Waals surface area contributed by atoms with E-state index in [0.717, 1.165) is 37.8 Å². The zero-order chi connectivity index (χ0) is 17.5. The number of rotatable bonds is 7. The molecule has 1 aliphatic heterocycles. The molecular formula is C19H29ClN2O3. The van der Waals surface area contributed by atoms with Crippen LogP contribution in [0.25, 0.3) is 0 Å². The molecule has 1 heterocycles. The number of benzene rings is 1. The molecule has 25 heavy (non-hydrogen) atoms. The molecule has 0 spiro atoms. The van der Waals surface area contributed by atoms with Gasteiger partial charge in [-0.3, -0.25) is 4.79 Å². The standard InChI is InChI=1S/C19H28N2O3.ClH/c1-4-7-15-9-10-17(18(12-15)23-3)24-13-19(22)21-11-6-5-8-16(21)14(2)20;/h4,9-10,12,14,16H,1,5-8,11,13,20H2,2-3H3;1H. The molecule has 2 atom stereocenters. The fourth-order valence-electron chi connectivity index (χ4n) is 3.16. The summed E-state index contributed by atoms with van der Waals surface area (Å²) in [7, 11) is 1.60. The molecule has 6 heteroatoms. The maximum Gasteiger partial charge on any atom is 0.260 e. The number of allylic oxidation sites excluding steroid dienone is 1. The van der Waals surface area contributed by atoms with Gasteiger partial charge in [-0.15, -0.1) is 19.0 Å². The van der Waals surface area contributed by atoms with Crippen LogP contribution in [0.4, 0.5) is 0 Å². The van der Waals surface area contributed by atoms with Crippen LogP contribution in [0.5, 0.6) is 11.5 Å². The van der Waals surface area contributed by atoms with E-state index in [1.807, 2.05) is 36.1 Å². The van der Waals surface area contributed by atoms with Crippen molar-refractivity contribution in [3.8, 4) is 11.5 Å². The fourth-order valence-corrected chi connectivity index (χ4v) is 3.16. The highest BCUT2D eigenvalue weighted by Gasteiger charge is 2.29. The number of likely N-dealkylation sites (tertiary alicyclic amines) is 1. The predicted molar refractivity (Wildman–Crippen MR) is 103 cm³/mol. The zero-order valence-electron chi connectivity index (χ0n) is 15.1. The molecule has 2 rings (SSSR count). The van der Waals surface area contributed by atoms with Crippen LogP contribution >= 0.6 is 12.4 Å². The van der Waals surface area contributed by atoms with Gasteiger partial charge < -0.3 is 20.1 Å². The lowest BCUT2D eigenvalue weighted by molar-refractivity contribution is -0.137. The van der Waals surface area contributed by atoms with Gasteiger partial charge in [0.2, 0.25) is 0 Å². The molecule has 0 aromatic heterocycles. The second-order valence-electron chi connectivity index (χ2n) is 6.28. The van der Waals surface area contributed by atoms with E-state index in [2.05, 4.69) is 6.58 Å². The van der Waals surface area contributed by atoms with Crippen LogP contribution in [0, 0.1) is 0 Å². The predicted octanol–water partition coefficient (Wildman–Crippen LogP) is 2.95. The molecule has 0 bridgehead atoms. The molecule has 1 fully saturated rings. The molecule has 2 unspecified atom stereocenters. The van der Waals surface area contributed by atoms with E-state index in [1.165, 1.54) is 0 Å². The van der Waals surface area contributed by atoms with Gasteiger partial charge in [-0.05, 0) is 50.3 Å². The number of methoxy groups -OCH3 is 1. The zero-order valence-corrected chi connectivity index (χ0v) is 15.9. The van der Waals surface area contributed by atoms with E-state index in [9.17, 15) is 4.79 Å². The van der Waals surface area contributed by atoms with Crippen molar-refractivity contribution in [1.29, 1.82) is 0 Å². The van der Waals surface area contributed by atoms with E-state index < -0.39 is 0 Å². The number of ether oxygens (including phenoxy) is 2. The van der Waals surface area contributed by atoms with Gasteiger partial charge in [-0.2, -0.15) is 0 Å². The first-order valence-electron chi connectivity index (χ1n) is 8.52. The molecule has 0 saturated carbocycles. The number of hydrogen-bond acceptors (Lipinski definition) is 4. The Hall–Kier alpha value is -1.72. The van der Waals surface area contributed by atoms with Crippen molar-refractivity contribution >= 4 is 18.3 Å². The van der Waals surface area contributed by atoms with Crippen molar-refractivity contribution in [2.75, 3.05) is 20.3 Å². The summed E-state index contributed by atoms with van der Waals surface area (Å²) < 4.78 is 11.1. The summed E-state index contributed by atoms with van der Waals surface area (Å²) in [5.74, 6) is 1.19. The van der Waals surface area contributed by atoms with Crippen LogP contribution < -0.4 is 15.2 Å². The number of nitrogens with zero attached hydrogens (tertiary/aromatic N) is 1. The van der Waals surface area contributed by atoms with E-state index in [-0.39, 0.29) is 37.0 Å². The van der Waals surface area contributed by atoms with Gasteiger partial charge in [0.1, 0.15) is 0 Å². The van der Waals surface area contributed by atoms with Crippen molar-refractivity contribution in [2.45, 2.75) is 44.7 Å². The molecule has 140 valence electrons. The second-order valence-corrected chi connectivity index (χ2v) is 6.28. The number of carbonyl (C=O) groups excluding carboxylic acids is 1. The summed E-state index contributed by atoms with van der Waals surface area (Å²) in [4.78, 5) is 14.4. The minimum Gasteiger partial charge on any atom is -0.493 e. The van der Waals surface area contributed by atoms with E-state index in [4.69, 9.17) is 15.2 Å². The summed E-state index contributed by atoms with van der Waals surface area (Å²) in [6, 6.07) is 5.78. The lowest BCUT2D eigenvalue weighted by atomic mass is 9.97. The Kier molecular flexibility index (Phi) is 8.79. The minimum atomic E-state index is -0.0260. The molecule has 2 N–H and O–H groups in total. The molecule has 1 amide bonds. The largest absolute Gasteiger partial charge is 0.493 e. The third kappa shape index (κ3) is 5.65. The number of halogens is 1. The van der Waals surface area contributed by atoms with Crippen LogP contribution in [0.2, 0.25) is 0 Å². The van der Waals surface area contributed by atoms with Crippen molar-refractivity contribution in [3.63, 3.8) is 0 Å². The fraction of sp³-hybridized carbons (Fsp3) is 0.526. The van der Waals surface area contributed by atoms with Crippen molar-refractivity contribution in [2.24, 2.45) is 5.73 Å². The maximum absolute atomic E-state index is 12.5. The first-order valence-corrected chi connectivity index (χ1v) is 8.52. The monoisotopic (exact) mass is 368 g/mol. The Morgan fingerprint density at radius 3 is 2.84 bits per heavy atom. The van der Waals surface area contributed by atoms with E-state index >= 15 is 0 Å². The summed E-state index contributed by atoms with van der Waals surface area (Å²) in [5.41, 5.74) is 7.12. The van der Waals surface area contributed by atoms with Gasteiger partial charge in [0.05, 0.1) is 7.11 Å². The van der Waals surface area contributed by atoms with Gasteiger partial charge in [0.15, 0.2) is 18.1 Å². The Morgan fingerprint density at radius 2 is 2.20 bits per heavy atom. The normalized spacial score (nSPS) is 18.0. The second kappa shape index (κ2) is 10.3. The SMILES string of the molecule is C=CCc1ccc(OCC(=O)N2CCCCC2C(C)N)c(OC)c1.Cl. The smallest absolute Gasteiger partial charge is 0.260 e. The summed E-state index contributed by atoms with van der Waals surface area (Å²) in [5, 5.41) is 0. The van der Waals surface area contributed by atoms with Crippen LogP contribution in [0.1, 0.15) is 31.7 Å². The summed E-state index contributed by atoms with van der Waals surface area (Å²) >= 11 is 0. The third-order valence-electron chi connectivity index (χ3n) is 4.44. The van der Waals surface area contributed by atoms with Crippen LogP contribution in [-0.2, 0) is 11.2 Å². The summed E-state index contributed by atoms with van der Waals surface area (Å²) in [6.07, 6.45) is 5.70. The number of hydrogen-bond donors (Lipinski definition) is 1.